The fourth-order valence-corrected chi connectivity index (χ4v) is 1.93. The first kappa shape index (κ1) is 12.7. The van der Waals surface area contributed by atoms with Crippen molar-refractivity contribution in [2.75, 3.05) is 24.1 Å². The number of likely N-dealkylation sites (N-methyl/N-ethyl adjacent to an activating group) is 1. The Morgan fingerprint density at radius 2 is 2.19 bits per heavy atom. The van der Waals surface area contributed by atoms with E-state index in [1.54, 1.807) is 11.8 Å². The number of amides is 1. The average Bonchev–Trinajstić information content (AvgIpc) is 2.65. The van der Waals surface area contributed by atoms with E-state index < -0.39 is 0 Å². The van der Waals surface area contributed by atoms with E-state index in [2.05, 4.69) is 14.7 Å². The maximum Gasteiger partial charge on any atom is 0.244 e. The lowest BCUT2D eigenvalue weighted by Crippen LogP contribution is -2.41. The van der Waals surface area contributed by atoms with E-state index in [4.69, 9.17) is 5.73 Å². The summed E-state index contributed by atoms with van der Waals surface area (Å²) in [6, 6.07) is -0.313. The molecule has 7 heteroatoms. The highest BCUT2D eigenvalue weighted by atomic mass is 32.1. The van der Waals surface area contributed by atoms with Gasteiger partial charge in [-0.05, 0) is 20.8 Å². The molecule has 1 aromatic heterocycles. The number of hydrogen-bond acceptors (Lipinski definition) is 6. The fourth-order valence-electron chi connectivity index (χ4n) is 1.35. The average molecular weight is 243 g/mol. The molecule has 0 radical (unpaired) electrons. The number of carbonyl (C=O) groups excluding carboxylic acids is 1. The van der Waals surface area contributed by atoms with E-state index in [9.17, 15) is 4.79 Å². The summed E-state index contributed by atoms with van der Waals surface area (Å²) < 4.78 is 3.84. The topological polar surface area (TPSA) is 84.1 Å². The molecule has 0 fully saturated rings. The highest BCUT2D eigenvalue weighted by Crippen LogP contribution is 2.13. The molecule has 0 spiro atoms. The molecule has 0 aliphatic carbocycles. The second-order valence-electron chi connectivity index (χ2n) is 3.33. The van der Waals surface area contributed by atoms with E-state index in [0.717, 1.165) is 11.5 Å². The zero-order valence-electron chi connectivity index (χ0n) is 9.73. The van der Waals surface area contributed by atoms with Crippen molar-refractivity contribution in [2.24, 2.45) is 0 Å². The molecule has 3 N–H and O–H groups in total. The maximum atomic E-state index is 11.9. The van der Waals surface area contributed by atoms with Crippen molar-refractivity contribution >= 4 is 28.5 Å². The van der Waals surface area contributed by atoms with Crippen LogP contribution in [-0.2, 0) is 4.79 Å². The summed E-state index contributed by atoms with van der Waals surface area (Å²) in [7, 11) is 0. The first-order valence-corrected chi connectivity index (χ1v) is 6.00. The number of rotatable bonds is 5. The molecule has 1 heterocycles. The van der Waals surface area contributed by atoms with Gasteiger partial charge < -0.3 is 16.0 Å². The number of anilines is 2. The molecule has 1 rings (SSSR count). The van der Waals surface area contributed by atoms with Crippen LogP contribution in [0.1, 0.15) is 20.8 Å². The Morgan fingerprint density at radius 1 is 1.56 bits per heavy atom. The molecule has 0 aromatic carbocycles. The lowest BCUT2D eigenvalue weighted by atomic mass is 10.3. The molecule has 90 valence electrons. The summed E-state index contributed by atoms with van der Waals surface area (Å²) in [4.78, 5) is 17.6. The molecular formula is C9H17N5OS. The largest absolute Gasteiger partial charge is 0.367 e. The predicted molar refractivity (Wildman–Crippen MR) is 65.3 cm³/mol. The third-order valence-corrected chi connectivity index (χ3v) is 2.89. The van der Waals surface area contributed by atoms with Gasteiger partial charge in [0.05, 0.1) is 0 Å². The monoisotopic (exact) mass is 243 g/mol. The second-order valence-corrected chi connectivity index (χ2v) is 4.09. The number of nitrogen functional groups attached to an aromatic ring is 1. The Bertz CT molecular complexity index is 349. The van der Waals surface area contributed by atoms with Crippen LogP contribution in [0.3, 0.4) is 0 Å². The summed E-state index contributed by atoms with van der Waals surface area (Å²) in [5.74, 6) is 0.286. The van der Waals surface area contributed by atoms with Crippen LogP contribution in [0.25, 0.3) is 0 Å². The van der Waals surface area contributed by atoms with E-state index in [0.29, 0.717) is 18.2 Å². The SMILES string of the molecule is CCN(CC)C(=O)C(C)Nc1nc(N)ns1. The van der Waals surface area contributed by atoms with Gasteiger partial charge in [-0.25, -0.2) is 0 Å². The number of nitrogens with zero attached hydrogens (tertiary/aromatic N) is 3. The fraction of sp³-hybridized carbons (Fsp3) is 0.667. The van der Waals surface area contributed by atoms with E-state index in [-0.39, 0.29) is 17.9 Å². The molecule has 16 heavy (non-hydrogen) atoms. The molecule has 0 aliphatic rings. The van der Waals surface area contributed by atoms with E-state index in [1.165, 1.54) is 0 Å². The Hall–Kier alpha value is -1.37. The van der Waals surface area contributed by atoms with Gasteiger partial charge in [-0.2, -0.15) is 9.36 Å². The molecule has 0 bridgehead atoms. The van der Waals surface area contributed by atoms with Gasteiger partial charge in [0.15, 0.2) is 0 Å². The van der Waals surface area contributed by atoms with Gasteiger partial charge in [-0.3, -0.25) is 4.79 Å². The minimum absolute atomic E-state index is 0.0544. The minimum Gasteiger partial charge on any atom is -0.367 e. The molecule has 6 nitrogen and oxygen atoms in total. The summed E-state index contributed by atoms with van der Waals surface area (Å²) >= 11 is 1.15. The van der Waals surface area contributed by atoms with Gasteiger partial charge in [0.2, 0.25) is 17.0 Å². The normalized spacial score (nSPS) is 12.2. The Kier molecular flexibility index (Phi) is 4.48. The van der Waals surface area contributed by atoms with Crippen molar-refractivity contribution in [3.05, 3.63) is 0 Å². The van der Waals surface area contributed by atoms with Crippen LogP contribution >= 0.6 is 11.5 Å². The highest BCUT2D eigenvalue weighted by molar-refractivity contribution is 7.09. The number of aromatic nitrogens is 2. The van der Waals surface area contributed by atoms with Crippen LogP contribution in [0.2, 0.25) is 0 Å². The number of hydrogen-bond donors (Lipinski definition) is 2. The third kappa shape index (κ3) is 3.06. The first-order valence-electron chi connectivity index (χ1n) is 5.23. The number of nitrogens with two attached hydrogens (primary N) is 1. The van der Waals surface area contributed by atoms with Gasteiger partial charge in [-0.15, -0.1) is 0 Å². The summed E-state index contributed by atoms with van der Waals surface area (Å²) in [5.41, 5.74) is 5.40. The zero-order valence-corrected chi connectivity index (χ0v) is 10.5. The van der Waals surface area contributed by atoms with Crippen LogP contribution < -0.4 is 11.1 Å². The predicted octanol–water partition coefficient (Wildman–Crippen LogP) is 0.789. The minimum atomic E-state index is -0.313. The maximum absolute atomic E-state index is 11.9. The molecule has 0 aliphatic heterocycles. The van der Waals surface area contributed by atoms with Gasteiger partial charge in [0.1, 0.15) is 6.04 Å². The van der Waals surface area contributed by atoms with Gasteiger partial charge in [0, 0.05) is 24.6 Å². The van der Waals surface area contributed by atoms with E-state index in [1.807, 2.05) is 13.8 Å². The number of nitrogens with one attached hydrogen (secondary N) is 1. The van der Waals surface area contributed by atoms with Crippen LogP contribution in [0.15, 0.2) is 0 Å². The molecular weight excluding hydrogens is 226 g/mol. The molecule has 1 atom stereocenters. The zero-order chi connectivity index (χ0) is 12.1. The summed E-state index contributed by atoms with van der Waals surface area (Å²) in [6.45, 7) is 7.13. The van der Waals surface area contributed by atoms with Crippen LogP contribution in [0.5, 0.6) is 0 Å². The Morgan fingerprint density at radius 3 is 2.62 bits per heavy atom. The van der Waals surface area contributed by atoms with Crippen LogP contribution in [0.4, 0.5) is 11.1 Å². The van der Waals surface area contributed by atoms with Crippen molar-refractivity contribution < 1.29 is 4.79 Å². The quantitative estimate of drug-likeness (QED) is 0.798. The van der Waals surface area contributed by atoms with Crippen molar-refractivity contribution in [3.63, 3.8) is 0 Å². The van der Waals surface area contributed by atoms with Gasteiger partial charge in [-0.1, -0.05) is 0 Å². The Labute approximate surface area is 99.0 Å². The molecule has 0 saturated heterocycles. The molecule has 1 aromatic rings. The highest BCUT2D eigenvalue weighted by Gasteiger charge is 2.18. The van der Waals surface area contributed by atoms with Crippen molar-refractivity contribution in [1.29, 1.82) is 0 Å². The van der Waals surface area contributed by atoms with Crippen molar-refractivity contribution in [1.82, 2.24) is 14.3 Å². The molecule has 1 amide bonds. The molecule has 0 saturated carbocycles. The Balaban J connectivity index is 2.57. The van der Waals surface area contributed by atoms with Gasteiger partial charge >= 0.3 is 0 Å². The summed E-state index contributed by atoms with van der Waals surface area (Å²) in [5, 5.41) is 3.56. The van der Waals surface area contributed by atoms with Crippen LogP contribution in [-0.4, -0.2) is 39.3 Å². The van der Waals surface area contributed by atoms with Crippen molar-refractivity contribution in [2.45, 2.75) is 26.8 Å². The van der Waals surface area contributed by atoms with Crippen molar-refractivity contribution in [3.8, 4) is 0 Å². The third-order valence-electron chi connectivity index (χ3n) is 2.23. The second kappa shape index (κ2) is 5.64. The summed E-state index contributed by atoms with van der Waals surface area (Å²) in [6.07, 6.45) is 0. The lowest BCUT2D eigenvalue weighted by Gasteiger charge is -2.22. The lowest BCUT2D eigenvalue weighted by molar-refractivity contribution is -0.131. The van der Waals surface area contributed by atoms with Crippen LogP contribution in [0, 0.1) is 0 Å². The number of carbonyl (C=O) groups is 1. The standard InChI is InChI=1S/C9H17N5OS/c1-4-14(5-2)7(15)6(3)11-9-12-8(10)13-16-9/h6H,4-5H2,1-3H3,(H3,10,11,12,13). The smallest absolute Gasteiger partial charge is 0.244 e. The molecule has 1 unspecified atom stereocenters. The van der Waals surface area contributed by atoms with E-state index >= 15 is 0 Å². The first-order chi connectivity index (χ1) is 7.58. The van der Waals surface area contributed by atoms with Gasteiger partial charge in [0.25, 0.3) is 0 Å².